The van der Waals surface area contributed by atoms with Crippen LogP contribution in [-0.2, 0) is 10.5 Å². The molecule has 3 nitrogen and oxygen atoms in total. The van der Waals surface area contributed by atoms with Crippen LogP contribution >= 0.6 is 11.8 Å². The summed E-state index contributed by atoms with van der Waals surface area (Å²) in [5.41, 5.74) is 9.21. The first kappa shape index (κ1) is 13.1. The monoisotopic (exact) mass is 239 g/mol. The Morgan fingerprint density at radius 3 is 2.50 bits per heavy atom. The van der Waals surface area contributed by atoms with Crippen LogP contribution in [0.1, 0.15) is 16.7 Å². The van der Waals surface area contributed by atoms with Gasteiger partial charge < -0.3 is 10.8 Å². The average molecular weight is 239 g/mol. The first-order valence-corrected chi connectivity index (χ1v) is 6.29. The van der Waals surface area contributed by atoms with E-state index in [-0.39, 0.29) is 0 Å². The molecular formula is C12H17NO2S. The first-order chi connectivity index (χ1) is 7.52. The highest BCUT2D eigenvalue weighted by atomic mass is 32.2. The molecule has 3 N–H and O–H groups in total. The summed E-state index contributed by atoms with van der Waals surface area (Å²) in [6.07, 6.45) is 0. The summed E-state index contributed by atoms with van der Waals surface area (Å²) >= 11 is 1.57. The van der Waals surface area contributed by atoms with Crippen molar-refractivity contribution in [2.24, 2.45) is 5.73 Å². The van der Waals surface area contributed by atoms with Crippen molar-refractivity contribution in [2.75, 3.05) is 5.75 Å². The van der Waals surface area contributed by atoms with Crippen LogP contribution in [0.15, 0.2) is 18.2 Å². The topological polar surface area (TPSA) is 63.3 Å². The minimum atomic E-state index is -0.936. The van der Waals surface area contributed by atoms with Crippen molar-refractivity contribution < 1.29 is 9.90 Å². The molecule has 0 fully saturated rings. The van der Waals surface area contributed by atoms with E-state index >= 15 is 0 Å². The highest BCUT2D eigenvalue weighted by Gasteiger charge is 2.11. The number of aliphatic carboxylic acids is 1. The molecule has 0 saturated carbocycles. The Bertz CT molecular complexity index is 359. The van der Waals surface area contributed by atoms with Crippen LogP contribution in [0.25, 0.3) is 0 Å². The van der Waals surface area contributed by atoms with Crippen molar-refractivity contribution >= 4 is 17.7 Å². The van der Waals surface area contributed by atoms with E-state index in [1.807, 2.05) is 6.07 Å². The molecule has 1 aromatic carbocycles. The standard InChI is InChI=1S/C12H17NO2S/c1-8-4-3-5-9(2)10(8)6-16-7-11(13)12(14)15/h3-5,11H,6-7,13H2,1-2H3,(H,14,15)/t11-/m1/s1. The fourth-order valence-corrected chi connectivity index (χ4v) is 2.61. The summed E-state index contributed by atoms with van der Waals surface area (Å²) in [5, 5.41) is 8.65. The Labute approximate surface area is 100 Å². The minimum Gasteiger partial charge on any atom is -0.480 e. The van der Waals surface area contributed by atoms with Gasteiger partial charge in [0.2, 0.25) is 0 Å². The Hall–Kier alpha value is -1.00. The van der Waals surface area contributed by atoms with Crippen molar-refractivity contribution in [3.8, 4) is 0 Å². The maximum atomic E-state index is 10.5. The van der Waals surface area contributed by atoms with E-state index < -0.39 is 12.0 Å². The molecular weight excluding hydrogens is 222 g/mol. The lowest BCUT2D eigenvalue weighted by molar-refractivity contribution is -0.137. The number of aryl methyl sites for hydroxylation is 2. The maximum Gasteiger partial charge on any atom is 0.321 e. The molecule has 0 aliphatic heterocycles. The Morgan fingerprint density at radius 2 is 2.00 bits per heavy atom. The molecule has 0 amide bonds. The lowest BCUT2D eigenvalue weighted by atomic mass is 10.1. The quantitative estimate of drug-likeness (QED) is 0.824. The van der Waals surface area contributed by atoms with Gasteiger partial charge in [-0.2, -0.15) is 11.8 Å². The molecule has 0 heterocycles. The smallest absolute Gasteiger partial charge is 0.321 e. The number of thioether (sulfide) groups is 1. The molecule has 0 unspecified atom stereocenters. The minimum absolute atomic E-state index is 0.448. The molecule has 1 atom stereocenters. The third kappa shape index (κ3) is 3.54. The average Bonchev–Trinajstić information content (AvgIpc) is 2.22. The Kier molecular flexibility index (Phi) is 4.83. The van der Waals surface area contributed by atoms with Crippen molar-refractivity contribution in [1.29, 1.82) is 0 Å². The van der Waals surface area contributed by atoms with E-state index in [2.05, 4.69) is 26.0 Å². The number of benzene rings is 1. The zero-order valence-corrected chi connectivity index (χ0v) is 10.4. The summed E-state index contributed by atoms with van der Waals surface area (Å²) in [6.45, 7) is 4.14. The number of carboxylic acid groups (broad SMARTS) is 1. The third-order valence-electron chi connectivity index (χ3n) is 2.51. The van der Waals surface area contributed by atoms with E-state index in [9.17, 15) is 4.79 Å². The summed E-state index contributed by atoms with van der Waals surface area (Å²) in [5.74, 6) is 0.330. The van der Waals surface area contributed by atoms with Crippen molar-refractivity contribution in [3.63, 3.8) is 0 Å². The van der Waals surface area contributed by atoms with E-state index in [1.54, 1.807) is 11.8 Å². The predicted octanol–water partition coefficient (Wildman–Crippen LogP) is 1.95. The molecule has 4 heteroatoms. The van der Waals surface area contributed by atoms with Gasteiger partial charge in [-0.1, -0.05) is 18.2 Å². The van der Waals surface area contributed by atoms with Crippen LogP contribution in [0.5, 0.6) is 0 Å². The second kappa shape index (κ2) is 5.92. The van der Waals surface area contributed by atoms with Gasteiger partial charge in [-0.05, 0) is 30.5 Å². The molecule has 0 bridgehead atoms. The Morgan fingerprint density at radius 1 is 1.44 bits per heavy atom. The number of rotatable bonds is 5. The van der Waals surface area contributed by atoms with Crippen LogP contribution < -0.4 is 5.73 Å². The molecule has 88 valence electrons. The first-order valence-electron chi connectivity index (χ1n) is 5.13. The summed E-state index contributed by atoms with van der Waals surface area (Å²) in [4.78, 5) is 10.5. The number of carboxylic acids is 1. The molecule has 0 aliphatic rings. The molecule has 0 spiro atoms. The molecule has 0 aliphatic carbocycles. The summed E-state index contributed by atoms with van der Waals surface area (Å²) < 4.78 is 0. The second-order valence-corrected chi connectivity index (χ2v) is 4.86. The molecule has 1 rings (SSSR count). The molecule has 0 aromatic heterocycles. The molecule has 1 aromatic rings. The lowest BCUT2D eigenvalue weighted by Gasteiger charge is -2.10. The normalized spacial score (nSPS) is 12.4. The second-order valence-electron chi connectivity index (χ2n) is 3.83. The van der Waals surface area contributed by atoms with Gasteiger partial charge in [0.15, 0.2) is 0 Å². The van der Waals surface area contributed by atoms with Crippen molar-refractivity contribution in [3.05, 3.63) is 34.9 Å². The van der Waals surface area contributed by atoms with Gasteiger partial charge in [0.25, 0.3) is 0 Å². The maximum absolute atomic E-state index is 10.5. The van der Waals surface area contributed by atoms with E-state index in [1.165, 1.54) is 16.7 Å². The largest absolute Gasteiger partial charge is 0.480 e. The lowest BCUT2D eigenvalue weighted by Crippen LogP contribution is -2.32. The van der Waals surface area contributed by atoms with Gasteiger partial charge >= 0.3 is 5.97 Å². The number of nitrogens with two attached hydrogens (primary N) is 1. The van der Waals surface area contributed by atoms with Gasteiger partial charge in [0, 0.05) is 11.5 Å². The Balaban J connectivity index is 2.52. The van der Waals surface area contributed by atoms with Crippen LogP contribution in [0.4, 0.5) is 0 Å². The molecule has 16 heavy (non-hydrogen) atoms. The van der Waals surface area contributed by atoms with E-state index in [4.69, 9.17) is 10.8 Å². The number of carbonyl (C=O) groups is 1. The predicted molar refractivity (Wildman–Crippen MR) is 67.7 cm³/mol. The fourth-order valence-electron chi connectivity index (χ4n) is 1.44. The number of hydrogen-bond donors (Lipinski definition) is 2. The van der Waals surface area contributed by atoms with Crippen molar-refractivity contribution in [2.45, 2.75) is 25.6 Å². The van der Waals surface area contributed by atoms with Crippen LogP contribution in [0.2, 0.25) is 0 Å². The third-order valence-corrected chi connectivity index (χ3v) is 3.59. The van der Waals surface area contributed by atoms with Gasteiger partial charge in [0.1, 0.15) is 6.04 Å². The van der Waals surface area contributed by atoms with E-state index in [0.717, 1.165) is 5.75 Å². The summed E-state index contributed by atoms with van der Waals surface area (Å²) in [7, 11) is 0. The zero-order chi connectivity index (χ0) is 12.1. The zero-order valence-electron chi connectivity index (χ0n) is 9.56. The molecule has 0 radical (unpaired) electrons. The molecule has 0 saturated heterocycles. The van der Waals surface area contributed by atoms with Gasteiger partial charge in [-0.3, -0.25) is 4.79 Å². The van der Waals surface area contributed by atoms with Gasteiger partial charge in [-0.15, -0.1) is 0 Å². The highest BCUT2D eigenvalue weighted by molar-refractivity contribution is 7.98. The van der Waals surface area contributed by atoms with Crippen molar-refractivity contribution in [1.82, 2.24) is 0 Å². The van der Waals surface area contributed by atoms with E-state index in [0.29, 0.717) is 5.75 Å². The van der Waals surface area contributed by atoms with Gasteiger partial charge in [-0.25, -0.2) is 0 Å². The van der Waals surface area contributed by atoms with Crippen LogP contribution in [0, 0.1) is 13.8 Å². The highest BCUT2D eigenvalue weighted by Crippen LogP contribution is 2.20. The summed E-state index contributed by atoms with van der Waals surface area (Å²) in [6, 6.07) is 5.40. The van der Waals surface area contributed by atoms with Crippen LogP contribution in [-0.4, -0.2) is 22.9 Å². The van der Waals surface area contributed by atoms with Crippen LogP contribution in [0.3, 0.4) is 0 Å². The van der Waals surface area contributed by atoms with Gasteiger partial charge in [0.05, 0.1) is 0 Å². The fraction of sp³-hybridized carbons (Fsp3) is 0.417. The SMILES string of the molecule is Cc1cccc(C)c1CSC[C@@H](N)C(=O)O. The number of hydrogen-bond acceptors (Lipinski definition) is 3.